The number of aromatic nitrogens is 1. The second-order valence-corrected chi connectivity index (χ2v) is 5.99. The number of aliphatic hydroxyl groups excluding tert-OH is 1. The van der Waals surface area contributed by atoms with E-state index >= 15 is 0 Å². The van der Waals surface area contributed by atoms with Crippen LogP contribution < -0.4 is 9.88 Å². The summed E-state index contributed by atoms with van der Waals surface area (Å²) in [7, 11) is 0. The van der Waals surface area contributed by atoms with E-state index in [0.717, 1.165) is 4.53 Å². The van der Waals surface area contributed by atoms with Gasteiger partial charge in [-0.05, 0) is 19.1 Å². The maximum absolute atomic E-state index is 10.8. The number of hydrogen-bond acceptors (Lipinski definition) is 6. The van der Waals surface area contributed by atoms with Gasteiger partial charge in [-0.15, -0.1) is 23.1 Å². The molecule has 2 N–H and O–H groups in total. The van der Waals surface area contributed by atoms with Gasteiger partial charge in [0.05, 0.1) is 11.1 Å². The highest BCUT2D eigenvalue weighted by Crippen LogP contribution is 2.23. The Kier molecular flexibility index (Phi) is 4.06. The molecule has 1 unspecified atom stereocenters. The maximum atomic E-state index is 10.8. The Morgan fingerprint density at radius 3 is 2.84 bits per heavy atom. The Hall–Kier alpha value is -1.60. The van der Waals surface area contributed by atoms with E-state index in [0.29, 0.717) is 21.2 Å². The Morgan fingerprint density at radius 1 is 1.53 bits per heavy atom. The Morgan fingerprint density at radius 2 is 2.26 bits per heavy atom. The first-order chi connectivity index (χ1) is 8.97. The predicted molar refractivity (Wildman–Crippen MR) is 78.2 cm³/mol. The zero-order valence-corrected chi connectivity index (χ0v) is 11.8. The second-order valence-electron chi connectivity index (χ2n) is 3.90. The molecule has 1 aromatic heterocycles. The van der Waals surface area contributed by atoms with Crippen molar-refractivity contribution in [3.8, 4) is 0 Å². The monoisotopic (exact) mass is 296 g/mol. The predicted octanol–water partition coefficient (Wildman–Crippen LogP) is 0.742. The van der Waals surface area contributed by atoms with Crippen LogP contribution in [0.2, 0.25) is 0 Å². The molecule has 0 saturated carbocycles. The minimum atomic E-state index is -0.917. The highest BCUT2D eigenvalue weighted by molar-refractivity contribution is 8.15. The molecule has 2 rings (SSSR count). The summed E-state index contributed by atoms with van der Waals surface area (Å²) >= 11 is 2.76. The largest absolute Gasteiger partial charge is 0.513 e. The lowest BCUT2D eigenvalue weighted by Crippen LogP contribution is -2.18. The molecular formula is C12H12N2O3S2. The van der Waals surface area contributed by atoms with Crippen molar-refractivity contribution < 1.29 is 15.0 Å². The van der Waals surface area contributed by atoms with E-state index in [1.807, 2.05) is 0 Å². The lowest BCUT2D eigenvalue weighted by molar-refractivity contribution is -0.137. The smallest absolute Gasteiger partial charge is 0.329 e. The normalized spacial score (nSPS) is 20.7. The molecule has 1 aromatic rings. The van der Waals surface area contributed by atoms with Gasteiger partial charge in [0, 0.05) is 10.3 Å². The van der Waals surface area contributed by atoms with E-state index in [1.165, 1.54) is 29.2 Å². The van der Waals surface area contributed by atoms with Gasteiger partial charge in [-0.25, -0.2) is 9.78 Å². The summed E-state index contributed by atoms with van der Waals surface area (Å²) in [5.74, 6) is -0.294. The third kappa shape index (κ3) is 3.24. The van der Waals surface area contributed by atoms with Crippen LogP contribution in [0.15, 0.2) is 16.8 Å². The van der Waals surface area contributed by atoms with Gasteiger partial charge in [0.1, 0.15) is 10.1 Å². The summed E-state index contributed by atoms with van der Waals surface area (Å²) in [5, 5.41) is 20.0. The van der Waals surface area contributed by atoms with Crippen molar-refractivity contribution in [3.05, 3.63) is 26.7 Å². The average Bonchev–Trinajstić information content (AvgIpc) is 2.92. The summed E-state index contributed by atoms with van der Waals surface area (Å²) in [6.45, 7) is 5.45. The Bertz CT molecular complexity index is 672. The zero-order chi connectivity index (χ0) is 14.0. The lowest BCUT2D eigenvalue weighted by atomic mass is 10.4. The van der Waals surface area contributed by atoms with Crippen LogP contribution >= 0.6 is 23.1 Å². The first-order valence-corrected chi connectivity index (χ1v) is 7.24. The van der Waals surface area contributed by atoms with Crippen molar-refractivity contribution >= 4 is 46.8 Å². The quantitative estimate of drug-likeness (QED) is 0.804. The van der Waals surface area contributed by atoms with Crippen LogP contribution in [0.4, 0.5) is 0 Å². The molecule has 0 radical (unpaired) electrons. The van der Waals surface area contributed by atoms with Gasteiger partial charge in [0.2, 0.25) is 0 Å². The first-order valence-electron chi connectivity index (χ1n) is 5.44. The van der Waals surface area contributed by atoms with E-state index < -0.39 is 12.0 Å². The first kappa shape index (κ1) is 13.8. The zero-order valence-electron chi connectivity index (χ0n) is 10.2. The number of aliphatic hydroxyl groups is 1. The van der Waals surface area contributed by atoms with Crippen LogP contribution in [0.1, 0.15) is 11.9 Å². The third-order valence-electron chi connectivity index (χ3n) is 2.33. The van der Waals surface area contributed by atoms with Gasteiger partial charge in [-0.3, -0.25) is 4.99 Å². The van der Waals surface area contributed by atoms with Crippen molar-refractivity contribution in [1.82, 2.24) is 4.98 Å². The molecule has 0 fully saturated rings. The number of aliphatic imine (C=N–C) groups is 1. The summed E-state index contributed by atoms with van der Waals surface area (Å²) in [6, 6.07) is -0.691. The number of carboxylic acid groups (broad SMARTS) is 1. The van der Waals surface area contributed by atoms with Crippen LogP contribution in [-0.4, -0.2) is 38.0 Å². The van der Waals surface area contributed by atoms with E-state index in [4.69, 9.17) is 10.2 Å². The number of thiazole rings is 1. The van der Waals surface area contributed by atoms with E-state index in [1.54, 1.807) is 13.0 Å². The number of carboxylic acids is 1. The maximum Gasteiger partial charge on any atom is 0.329 e. The molecule has 5 nitrogen and oxygen atoms in total. The SMILES string of the molecule is C=c1sc(C2=NC(C(=O)O)CS2)n/c1=C/C=C(\C)O. The number of allylic oxidation sites excluding steroid dienone is 2. The highest BCUT2D eigenvalue weighted by Gasteiger charge is 2.26. The van der Waals surface area contributed by atoms with Crippen molar-refractivity contribution in [2.75, 3.05) is 5.75 Å². The molecule has 7 heteroatoms. The number of hydrogen-bond donors (Lipinski definition) is 2. The molecule has 100 valence electrons. The molecule has 2 heterocycles. The van der Waals surface area contributed by atoms with Gasteiger partial charge < -0.3 is 10.2 Å². The molecule has 0 saturated heterocycles. The minimum Gasteiger partial charge on any atom is -0.513 e. The number of carbonyl (C=O) groups is 1. The van der Waals surface area contributed by atoms with Gasteiger partial charge in [0.25, 0.3) is 0 Å². The van der Waals surface area contributed by atoms with Crippen LogP contribution in [0.3, 0.4) is 0 Å². The standard InChI is InChI=1S/C12H12N2O3S2/c1-6(15)3-4-8-7(2)19-11(13-8)10-14-9(5-18-10)12(16)17/h3-4,9,15H,2,5H2,1H3,(H,16,17)/b6-3+,8-4+. The number of nitrogens with zero attached hydrogens (tertiary/aromatic N) is 2. The minimum absolute atomic E-state index is 0.187. The number of aliphatic carboxylic acids is 1. The van der Waals surface area contributed by atoms with Gasteiger partial charge >= 0.3 is 5.97 Å². The average molecular weight is 296 g/mol. The summed E-state index contributed by atoms with van der Waals surface area (Å²) < 4.78 is 0.759. The van der Waals surface area contributed by atoms with Crippen LogP contribution in [0, 0.1) is 0 Å². The fraction of sp³-hybridized carbons (Fsp3) is 0.250. The van der Waals surface area contributed by atoms with Crippen molar-refractivity contribution in [1.29, 1.82) is 0 Å². The van der Waals surface area contributed by atoms with Crippen molar-refractivity contribution in [2.24, 2.45) is 4.99 Å². The molecule has 1 aliphatic heterocycles. The Labute approximate surface area is 117 Å². The lowest BCUT2D eigenvalue weighted by Gasteiger charge is -1.93. The molecule has 1 aliphatic rings. The second kappa shape index (κ2) is 5.58. The topological polar surface area (TPSA) is 82.8 Å². The summed E-state index contributed by atoms with van der Waals surface area (Å²) in [4.78, 5) is 19.3. The van der Waals surface area contributed by atoms with Gasteiger partial charge in [0.15, 0.2) is 6.04 Å². The van der Waals surface area contributed by atoms with Crippen molar-refractivity contribution in [2.45, 2.75) is 13.0 Å². The number of rotatable bonds is 3. The van der Waals surface area contributed by atoms with Gasteiger partial charge in [-0.1, -0.05) is 6.58 Å². The third-order valence-corrected chi connectivity index (χ3v) is 4.45. The fourth-order valence-corrected chi connectivity index (χ4v) is 3.34. The van der Waals surface area contributed by atoms with Gasteiger partial charge in [-0.2, -0.15) is 0 Å². The van der Waals surface area contributed by atoms with E-state index in [-0.39, 0.29) is 5.76 Å². The molecule has 0 amide bonds. The molecule has 0 spiro atoms. The van der Waals surface area contributed by atoms with E-state index in [9.17, 15) is 4.79 Å². The van der Waals surface area contributed by atoms with E-state index in [2.05, 4.69) is 16.6 Å². The summed E-state index contributed by atoms with van der Waals surface area (Å²) in [6.07, 6.45) is 3.21. The van der Waals surface area contributed by atoms with Crippen LogP contribution in [0.25, 0.3) is 12.7 Å². The molecule has 1 atom stereocenters. The Balaban J connectivity index is 2.34. The van der Waals surface area contributed by atoms with Crippen LogP contribution in [0.5, 0.6) is 0 Å². The highest BCUT2D eigenvalue weighted by atomic mass is 32.2. The number of thioether (sulfide) groups is 1. The molecule has 19 heavy (non-hydrogen) atoms. The molecular weight excluding hydrogens is 284 g/mol. The molecule has 0 aromatic carbocycles. The molecule has 0 aliphatic carbocycles. The van der Waals surface area contributed by atoms with Crippen molar-refractivity contribution in [3.63, 3.8) is 0 Å². The molecule has 0 bridgehead atoms. The van der Waals surface area contributed by atoms with Crippen LogP contribution in [-0.2, 0) is 4.79 Å². The summed E-state index contributed by atoms with van der Waals surface area (Å²) in [5.41, 5.74) is 0. The fourth-order valence-electron chi connectivity index (χ4n) is 1.40.